The molecule has 0 atom stereocenters. The largest absolute Gasteiger partial charge is 0.371 e. The first-order chi connectivity index (χ1) is 9.22. The Morgan fingerprint density at radius 1 is 1.25 bits per heavy atom. The minimum Gasteiger partial charge on any atom is -0.371 e. The van der Waals surface area contributed by atoms with Gasteiger partial charge in [0.25, 0.3) is 0 Å². The normalized spacial score (nSPS) is 22.6. The fraction of sp³-hybridized carbons (Fsp3) is 0.600. The third kappa shape index (κ3) is 2.21. The molecule has 0 fully saturated rings. The van der Waals surface area contributed by atoms with Crippen LogP contribution in [0.25, 0.3) is 0 Å². The smallest absolute Gasteiger partial charge is 0.168 e. The molecule has 0 bridgehead atoms. The third-order valence-corrected chi connectivity index (χ3v) is 5.71. The summed E-state index contributed by atoms with van der Waals surface area (Å²) in [5, 5.41) is 5.64. The molecule has 0 saturated heterocycles. The minimum atomic E-state index is -0.149. The second-order valence-corrected chi connectivity index (χ2v) is 8.65. The highest BCUT2D eigenvalue weighted by molar-refractivity contribution is 8.14. The maximum absolute atomic E-state index is 12.6. The van der Waals surface area contributed by atoms with Crippen molar-refractivity contribution < 1.29 is 4.79 Å². The zero-order valence-corrected chi connectivity index (χ0v) is 14.2. The lowest BCUT2D eigenvalue weighted by Gasteiger charge is -2.32. The van der Waals surface area contributed by atoms with Crippen LogP contribution in [0.4, 0.5) is 5.00 Å². The molecule has 1 aromatic rings. The van der Waals surface area contributed by atoms with E-state index in [4.69, 9.17) is 4.99 Å². The average Bonchev–Trinajstić information content (AvgIpc) is 2.62. The molecule has 108 valence electrons. The third-order valence-electron chi connectivity index (χ3n) is 3.74. The highest BCUT2D eigenvalue weighted by Gasteiger charge is 2.39. The van der Waals surface area contributed by atoms with Gasteiger partial charge in [0.15, 0.2) is 5.78 Å². The maximum atomic E-state index is 12.6. The molecule has 0 spiro atoms. The maximum Gasteiger partial charge on any atom is 0.168 e. The number of nitrogens with one attached hydrogen (secondary N) is 1. The predicted octanol–water partition coefficient (Wildman–Crippen LogP) is 3.97. The Morgan fingerprint density at radius 3 is 2.60 bits per heavy atom. The number of anilines is 1. The van der Waals surface area contributed by atoms with E-state index in [0.29, 0.717) is 6.42 Å². The van der Waals surface area contributed by atoms with Crippen LogP contribution < -0.4 is 5.32 Å². The molecule has 1 N–H and O–H groups in total. The van der Waals surface area contributed by atoms with Crippen LogP contribution in [0.15, 0.2) is 4.99 Å². The van der Waals surface area contributed by atoms with Gasteiger partial charge in [-0.05, 0) is 45.9 Å². The first-order valence-electron chi connectivity index (χ1n) is 6.84. The SMILES string of the molecule is CSC1=NC(C)(C)Cc2c1sc1c2C(=O)CC(C)(C)N1. The molecule has 0 saturated carbocycles. The molecule has 0 amide bonds. The zero-order valence-electron chi connectivity index (χ0n) is 12.6. The number of fused-ring (bicyclic) bond motifs is 3. The molecule has 3 rings (SSSR count). The summed E-state index contributed by atoms with van der Waals surface area (Å²) in [6, 6.07) is 0. The van der Waals surface area contributed by atoms with Gasteiger partial charge >= 0.3 is 0 Å². The van der Waals surface area contributed by atoms with Crippen LogP contribution in [-0.4, -0.2) is 28.2 Å². The Labute approximate surface area is 128 Å². The molecule has 3 heterocycles. The molecular formula is C15H20N2OS2. The molecular weight excluding hydrogens is 288 g/mol. The molecule has 5 heteroatoms. The van der Waals surface area contributed by atoms with Gasteiger partial charge in [-0.25, -0.2) is 0 Å². The summed E-state index contributed by atoms with van der Waals surface area (Å²) in [5.74, 6) is 0.277. The van der Waals surface area contributed by atoms with E-state index in [0.717, 1.165) is 22.0 Å². The lowest BCUT2D eigenvalue weighted by atomic mass is 9.85. The van der Waals surface area contributed by atoms with Crippen LogP contribution >= 0.6 is 23.1 Å². The van der Waals surface area contributed by atoms with Crippen LogP contribution in [0.2, 0.25) is 0 Å². The van der Waals surface area contributed by atoms with Gasteiger partial charge in [0.2, 0.25) is 0 Å². The van der Waals surface area contributed by atoms with E-state index < -0.39 is 0 Å². The van der Waals surface area contributed by atoms with E-state index in [1.165, 1.54) is 10.4 Å². The Kier molecular flexibility index (Phi) is 3.07. The number of thiophene rings is 1. The number of aliphatic imine (C=N–C) groups is 1. The minimum absolute atomic E-state index is 0.118. The van der Waals surface area contributed by atoms with Crippen molar-refractivity contribution in [1.82, 2.24) is 0 Å². The van der Waals surface area contributed by atoms with Gasteiger partial charge in [-0.15, -0.1) is 23.1 Å². The highest BCUT2D eigenvalue weighted by Crippen LogP contribution is 2.45. The van der Waals surface area contributed by atoms with Crippen molar-refractivity contribution >= 4 is 38.9 Å². The summed E-state index contributed by atoms with van der Waals surface area (Å²) in [4.78, 5) is 18.6. The molecule has 0 aliphatic carbocycles. The second kappa shape index (κ2) is 4.34. The van der Waals surface area contributed by atoms with Crippen LogP contribution in [0.3, 0.4) is 0 Å². The van der Waals surface area contributed by atoms with Crippen molar-refractivity contribution in [3.05, 3.63) is 16.0 Å². The molecule has 3 nitrogen and oxygen atoms in total. The van der Waals surface area contributed by atoms with Crippen LogP contribution in [0, 0.1) is 0 Å². The van der Waals surface area contributed by atoms with E-state index in [1.807, 2.05) is 0 Å². The molecule has 2 aliphatic rings. The Morgan fingerprint density at radius 2 is 1.95 bits per heavy atom. The quantitative estimate of drug-likeness (QED) is 0.788. The van der Waals surface area contributed by atoms with E-state index in [-0.39, 0.29) is 16.9 Å². The Balaban J connectivity index is 2.18. The van der Waals surface area contributed by atoms with Crippen molar-refractivity contribution in [2.24, 2.45) is 4.99 Å². The average molecular weight is 308 g/mol. The van der Waals surface area contributed by atoms with Crippen molar-refractivity contribution in [2.45, 2.75) is 51.6 Å². The molecule has 20 heavy (non-hydrogen) atoms. The summed E-state index contributed by atoms with van der Waals surface area (Å²) in [6.07, 6.45) is 3.48. The molecule has 0 aromatic carbocycles. The first kappa shape index (κ1) is 14.1. The summed E-state index contributed by atoms with van der Waals surface area (Å²) >= 11 is 3.37. The Hall–Kier alpha value is -0.810. The van der Waals surface area contributed by atoms with E-state index in [2.05, 4.69) is 39.3 Å². The lowest BCUT2D eigenvalue weighted by molar-refractivity contribution is 0.0958. The zero-order chi connectivity index (χ0) is 14.7. The number of thioether (sulfide) groups is 1. The lowest BCUT2D eigenvalue weighted by Crippen LogP contribution is -2.38. The fourth-order valence-corrected chi connectivity index (χ4v) is 5.29. The Bertz CT molecular complexity index is 626. The van der Waals surface area contributed by atoms with Crippen molar-refractivity contribution in [1.29, 1.82) is 0 Å². The van der Waals surface area contributed by atoms with E-state index >= 15 is 0 Å². The van der Waals surface area contributed by atoms with Crippen LogP contribution in [0.5, 0.6) is 0 Å². The number of rotatable bonds is 0. The molecule has 1 aromatic heterocycles. The van der Waals surface area contributed by atoms with Gasteiger partial charge in [0.1, 0.15) is 10.0 Å². The fourth-order valence-electron chi connectivity index (χ4n) is 2.97. The van der Waals surface area contributed by atoms with Gasteiger partial charge in [-0.2, -0.15) is 0 Å². The number of hydrogen-bond donors (Lipinski definition) is 1. The summed E-state index contributed by atoms with van der Waals surface area (Å²) < 4.78 is 0. The van der Waals surface area contributed by atoms with Gasteiger partial charge in [0, 0.05) is 12.0 Å². The number of hydrogen-bond acceptors (Lipinski definition) is 5. The topological polar surface area (TPSA) is 41.5 Å². The molecule has 2 aliphatic heterocycles. The summed E-state index contributed by atoms with van der Waals surface area (Å²) in [7, 11) is 0. The number of nitrogens with zero attached hydrogens (tertiary/aromatic N) is 1. The van der Waals surface area contributed by atoms with E-state index in [1.54, 1.807) is 23.1 Å². The van der Waals surface area contributed by atoms with Crippen molar-refractivity contribution in [3.63, 3.8) is 0 Å². The van der Waals surface area contributed by atoms with Gasteiger partial charge in [-0.3, -0.25) is 9.79 Å². The summed E-state index contributed by atoms with van der Waals surface area (Å²) in [5.41, 5.74) is 1.87. The molecule has 0 unspecified atom stereocenters. The van der Waals surface area contributed by atoms with Gasteiger partial charge < -0.3 is 5.32 Å². The van der Waals surface area contributed by atoms with Gasteiger partial charge in [-0.1, -0.05) is 0 Å². The number of carbonyl (C=O) groups is 1. The monoisotopic (exact) mass is 308 g/mol. The predicted molar refractivity (Wildman–Crippen MR) is 88.8 cm³/mol. The number of Topliss-reactive ketones (excluding diaryl/α,β-unsaturated/α-hetero) is 1. The standard InChI is InChI=1S/C15H20N2OS2/c1-14(2)6-8-10-9(18)7-15(3,4)16-12(10)20-11(8)13(17-14)19-5/h16H,6-7H2,1-5H3. The number of carbonyl (C=O) groups excluding carboxylic acids is 1. The second-order valence-electron chi connectivity index (χ2n) is 6.83. The molecule has 0 radical (unpaired) electrons. The number of ketones is 1. The first-order valence-corrected chi connectivity index (χ1v) is 8.88. The van der Waals surface area contributed by atoms with Gasteiger partial charge in [0.05, 0.1) is 16.0 Å². The summed E-state index contributed by atoms with van der Waals surface area (Å²) in [6.45, 7) is 8.45. The van der Waals surface area contributed by atoms with Crippen molar-refractivity contribution in [2.75, 3.05) is 11.6 Å². The van der Waals surface area contributed by atoms with Crippen molar-refractivity contribution in [3.8, 4) is 0 Å². The van der Waals surface area contributed by atoms with Crippen LogP contribution in [0.1, 0.15) is 54.9 Å². The van der Waals surface area contributed by atoms with Crippen LogP contribution in [-0.2, 0) is 6.42 Å². The highest BCUT2D eigenvalue weighted by atomic mass is 32.2. The van der Waals surface area contributed by atoms with E-state index in [9.17, 15) is 4.79 Å².